The summed E-state index contributed by atoms with van der Waals surface area (Å²) in [4.78, 5) is 0. The van der Waals surface area contributed by atoms with Crippen molar-refractivity contribution in [1.82, 2.24) is 0 Å². The molecule has 0 fully saturated rings. The summed E-state index contributed by atoms with van der Waals surface area (Å²) >= 11 is 0. The summed E-state index contributed by atoms with van der Waals surface area (Å²) < 4.78 is 5.27. The normalized spacial score (nSPS) is 11.5. The van der Waals surface area contributed by atoms with E-state index in [2.05, 4.69) is 45.9 Å². The predicted molar refractivity (Wildman–Crippen MR) is 65.7 cm³/mol. The quantitative estimate of drug-likeness (QED) is 0.721. The van der Waals surface area contributed by atoms with E-state index in [-0.39, 0.29) is 5.41 Å². The van der Waals surface area contributed by atoms with Crippen LogP contribution in [0.3, 0.4) is 0 Å². The largest absolute Gasteiger partial charge is 0.496 e. The van der Waals surface area contributed by atoms with E-state index in [9.17, 15) is 0 Å². The molecule has 0 aliphatic heterocycles. The molecule has 0 bridgehead atoms. The van der Waals surface area contributed by atoms with Gasteiger partial charge in [-0.05, 0) is 36.0 Å². The van der Waals surface area contributed by atoms with Gasteiger partial charge in [-0.3, -0.25) is 0 Å². The Morgan fingerprint density at radius 3 is 2.40 bits per heavy atom. The van der Waals surface area contributed by atoms with Crippen LogP contribution in [0.5, 0.6) is 5.75 Å². The van der Waals surface area contributed by atoms with Crippen molar-refractivity contribution in [2.24, 2.45) is 0 Å². The maximum atomic E-state index is 5.27. The molecule has 1 aromatic carbocycles. The average Bonchev–Trinajstić information content (AvgIpc) is 2.17. The minimum atomic E-state index is 0.270. The molecule has 84 valence electrons. The maximum Gasteiger partial charge on any atom is 0.121 e. The van der Waals surface area contributed by atoms with Crippen LogP contribution in [0, 0.1) is 6.92 Å². The van der Waals surface area contributed by atoms with E-state index in [1.54, 1.807) is 7.11 Å². The van der Waals surface area contributed by atoms with Gasteiger partial charge in [-0.2, -0.15) is 0 Å². The third kappa shape index (κ3) is 2.74. The van der Waals surface area contributed by atoms with E-state index in [1.165, 1.54) is 24.0 Å². The van der Waals surface area contributed by atoms with Gasteiger partial charge in [0.25, 0.3) is 0 Å². The van der Waals surface area contributed by atoms with Gasteiger partial charge < -0.3 is 4.74 Å². The van der Waals surface area contributed by atoms with Gasteiger partial charge in [0.2, 0.25) is 0 Å². The molecule has 1 aromatic rings. The molecule has 1 nitrogen and oxygen atoms in total. The molecule has 0 aliphatic carbocycles. The molecule has 15 heavy (non-hydrogen) atoms. The lowest BCUT2D eigenvalue weighted by Gasteiger charge is -2.25. The van der Waals surface area contributed by atoms with Crippen LogP contribution in [0.4, 0.5) is 0 Å². The SMILES string of the molecule is CCCC(C)(C)c1ccc(OC)c(C)c1. The van der Waals surface area contributed by atoms with E-state index in [0.717, 1.165) is 5.75 Å². The Bertz CT molecular complexity index is 326. The molecular formula is C14H22O. The molecule has 0 unspecified atom stereocenters. The van der Waals surface area contributed by atoms with Gasteiger partial charge in [-0.1, -0.05) is 39.3 Å². The zero-order chi connectivity index (χ0) is 11.5. The van der Waals surface area contributed by atoms with E-state index in [0.29, 0.717) is 0 Å². The number of rotatable bonds is 4. The van der Waals surface area contributed by atoms with Gasteiger partial charge in [0.1, 0.15) is 5.75 Å². The van der Waals surface area contributed by atoms with Crippen LogP contribution >= 0.6 is 0 Å². The molecule has 0 aromatic heterocycles. The Morgan fingerprint density at radius 2 is 1.93 bits per heavy atom. The summed E-state index contributed by atoms with van der Waals surface area (Å²) in [5.41, 5.74) is 2.90. The number of hydrogen-bond donors (Lipinski definition) is 0. The first-order chi connectivity index (χ1) is 7.01. The van der Waals surface area contributed by atoms with Crippen LogP contribution in [0.15, 0.2) is 18.2 Å². The van der Waals surface area contributed by atoms with Crippen molar-refractivity contribution in [3.05, 3.63) is 29.3 Å². The van der Waals surface area contributed by atoms with Crippen LogP contribution in [0.1, 0.15) is 44.7 Å². The van der Waals surface area contributed by atoms with Crippen molar-refractivity contribution < 1.29 is 4.74 Å². The molecule has 0 radical (unpaired) electrons. The van der Waals surface area contributed by atoms with Crippen molar-refractivity contribution in [1.29, 1.82) is 0 Å². The fourth-order valence-corrected chi connectivity index (χ4v) is 2.07. The smallest absolute Gasteiger partial charge is 0.121 e. The monoisotopic (exact) mass is 206 g/mol. The van der Waals surface area contributed by atoms with E-state index in [4.69, 9.17) is 4.74 Å². The molecule has 0 heterocycles. The highest BCUT2D eigenvalue weighted by Gasteiger charge is 2.19. The Morgan fingerprint density at radius 1 is 1.27 bits per heavy atom. The van der Waals surface area contributed by atoms with Crippen molar-refractivity contribution >= 4 is 0 Å². The molecule has 0 amide bonds. The molecule has 0 saturated heterocycles. The molecular weight excluding hydrogens is 184 g/mol. The topological polar surface area (TPSA) is 9.23 Å². The van der Waals surface area contributed by atoms with Gasteiger partial charge in [0.05, 0.1) is 7.11 Å². The molecule has 0 N–H and O–H groups in total. The lowest BCUT2D eigenvalue weighted by molar-refractivity contribution is 0.410. The first-order valence-corrected chi connectivity index (χ1v) is 5.66. The standard InChI is InChI=1S/C14H22O/c1-6-9-14(3,4)12-7-8-13(15-5)11(2)10-12/h7-8,10H,6,9H2,1-5H3. The van der Waals surface area contributed by atoms with Crippen molar-refractivity contribution in [2.45, 2.75) is 46.0 Å². The van der Waals surface area contributed by atoms with Gasteiger partial charge in [0.15, 0.2) is 0 Å². The highest BCUT2D eigenvalue weighted by Crippen LogP contribution is 2.31. The van der Waals surface area contributed by atoms with Crippen molar-refractivity contribution in [3.63, 3.8) is 0 Å². The zero-order valence-electron chi connectivity index (χ0n) is 10.6. The summed E-state index contributed by atoms with van der Waals surface area (Å²) in [5, 5.41) is 0. The molecule has 0 saturated carbocycles. The molecule has 1 rings (SSSR count). The molecule has 1 heteroatoms. The second kappa shape index (κ2) is 4.69. The van der Waals surface area contributed by atoms with Crippen LogP contribution in [-0.4, -0.2) is 7.11 Å². The number of aryl methyl sites for hydroxylation is 1. The highest BCUT2D eigenvalue weighted by atomic mass is 16.5. The minimum absolute atomic E-state index is 0.270. The fourth-order valence-electron chi connectivity index (χ4n) is 2.07. The van der Waals surface area contributed by atoms with E-state index in [1.807, 2.05) is 0 Å². The lowest BCUT2D eigenvalue weighted by atomic mass is 9.80. The van der Waals surface area contributed by atoms with Gasteiger partial charge in [-0.15, -0.1) is 0 Å². The third-order valence-corrected chi connectivity index (χ3v) is 3.05. The number of hydrogen-bond acceptors (Lipinski definition) is 1. The Kier molecular flexibility index (Phi) is 3.78. The van der Waals surface area contributed by atoms with Crippen LogP contribution in [0.25, 0.3) is 0 Å². The molecule has 0 spiro atoms. The van der Waals surface area contributed by atoms with Crippen LogP contribution in [-0.2, 0) is 5.41 Å². The summed E-state index contributed by atoms with van der Waals surface area (Å²) in [6.45, 7) is 8.94. The Balaban J connectivity index is 3.01. The summed E-state index contributed by atoms with van der Waals surface area (Å²) in [7, 11) is 1.72. The van der Waals surface area contributed by atoms with Crippen LogP contribution in [0.2, 0.25) is 0 Å². The van der Waals surface area contributed by atoms with E-state index < -0.39 is 0 Å². The van der Waals surface area contributed by atoms with Crippen molar-refractivity contribution in [3.8, 4) is 5.75 Å². The third-order valence-electron chi connectivity index (χ3n) is 3.05. The van der Waals surface area contributed by atoms with Crippen molar-refractivity contribution in [2.75, 3.05) is 7.11 Å². The predicted octanol–water partition coefficient (Wildman–Crippen LogP) is 4.08. The first kappa shape index (κ1) is 12.1. The maximum absolute atomic E-state index is 5.27. The van der Waals surface area contributed by atoms with Gasteiger partial charge in [0, 0.05) is 0 Å². The second-order valence-corrected chi connectivity index (χ2v) is 4.82. The number of methoxy groups -OCH3 is 1. The number of ether oxygens (including phenoxy) is 1. The Hall–Kier alpha value is -0.980. The van der Waals surface area contributed by atoms with E-state index >= 15 is 0 Å². The summed E-state index contributed by atoms with van der Waals surface area (Å²) in [6, 6.07) is 6.50. The first-order valence-electron chi connectivity index (χ1n) is 5.66. The Labute approximate surface area is 93.5 Å². The minimum Gasteiger partial charge on any atom is -0.496 e. The summed E-state index contributed by atoms with van der Waals surface area (Å²) in [6.07, 6.45) is 2.44. The van der Waals surface area contributed by atoms with Gasteiger partial charge >= 0.3 is 0 Å². The summed E-state index contributed by atoms with van der Waals surface area (Å²) in [5.74, 6) is 0.978. The molecule has 0 atom stereocenters. The fraction of sp³-hybridized carbons (Fsp3) is 0.571. The van der Waals surface area contributed by atoms with Gasteiger partial charge in [-0.25, -0.2) is 0 Å². The average molecular weight is 206 g/mol. The molecule has 0 aliphatic rings. The highest BCUT2D eigenvalue weighted by molar-refractivity contribution is 5.38. The number of benzene rings is 1. The lowest BCUT2D eigenvalue weighted by Crippen LogP contribution is -2.16. The second-order valence-electron chi connectivity index (χ2n) is 4.82. The zero-order valence-corrected chi connectivity index (χ0v) is 10.6. The van der Waals surface area contributed by atoms with Crippen LogP contribution < -0.4 is 4.74 Å².